The van der Waals surface area contributed by atoms with Crippen LogP contribution >= 0.6 is 0 Å². The van der Waals surface area contributed by atoms with Crippen LogP contribution in [0.25, 0.3) is 23.3 Å². The lowest BCUT2D eigenvalue weighted by Gasteiger charge is -2.13. The highest BCUT2D eigenvalue weighted by Crippen LogP contribution is 2.28. The van der Waals surface area contributed by atoms with Crippen LogP contribution in [0.2, 0.25) is 0 Å². The average molecular weight is 388 g/mol. The predicted octanol–water partition coefficient (Wildman–Crippen LogP) is 5.23. The lowest BCUT2D eigenvalue weighted by Crippen LogP contribution is -2.18. The van der Waals surface area contributed by atoms with Crippen molar-refractivity contribution < 1.29 is 9.84 Å². The predicted molar refractivity (Wildman–Crippen MR) is 122 cm³/mol. The minimum Gasteiger partial charge on any atom is -0.496 e. The monoisotopic (exact) mass is 387 g/mol. The van der Waals surface area contributed by atoms with E-state index >= 15 is 0 Å². The molecule has 3 aromatic carbocycles. The molecule has 29 heavy (non-hydrogen) atoms. The number of hydrogen-bond donors (Lipinski definition) is 2. The second-order valence-electron chi connectivity index (χ2n) is 7.14. The van der Waals surface area contributed by atoms with Gasteiger partial charge in [0.05, 0.1) is 13.7 Å². The largest absolute Gasteiger partial charge is 0.496 e. The van der Waals surface area contributed by atoms with Crippen LogP contribution in [0.15, 0.2) is 60.7 Å². The lowest BCUT2D eigenvalue weighted by atomic mass is 9.95. The van der Waals surface area contributed by atoms with Crippen LogP contribution in [0.3, 0.4) is 0 Å². The number of hydrogen-bond acceptors (Lipinski definition) is 3. The summed E-state index contributed by atoms with van der Waals surface area (Å²) in [4.78, 5) is 0. The highest BCUT2D eigenvalue weighted by molar-refractivity contribution is 5.78. The maximum absolute atomic E-state index is 8.96. The molecule has 0 aromatic heterocycles. The van der Waals surface area contributed by atoms with Crippen molar-refractivity contribution in [1.82, 2.24) is 5.32 Å². The number of rotatable bonds is 8. The fourth-order valence-electron chi connectivity index (χ4n) is 3.52. The summed E-state index contributed by atoms with van der Waals surface area (Å²) in [5, 5.41) is 12.2. The van der Waals surface area contributed by atoms with Crippen LogP contribution in [0, 0.1) is 13.8 Å². The van der Waals surface area contributed by atoms with Crippen LogP contribution in [-0.4, -0.2) is 25.4 Å². The Morgan fingerprint density at radius 1 is 0.931 bits per heavy atom. The zero-order valence-electron chi connectivity index (χ0n) is 17.4. The normalized spacial score (nSPS) is 11.2. The third-order valence-corrected chi connectivity index (χ3v) is 5.18. The molecule has 0 atom stereocenters. The van der Waals surface area contributed by atoms with Crippen LogP contribution in [0.5, 0.6) is 5.75 Å². The van der Waals surface area contributed by atoms with Gasteiger partial charge in [-0.1, -0.05) is 66.7 Å². The van der Waals surface area contributed by atoms with E-state index in [1.165, 1.54) is 27.8 Å². The van der Waals surface area contributed by atoms with Gasteiger partial charge in [0.15, 0.2) is 0 Å². The van der Waals surface area contributed by atoms with Gasteiger partial charge in [0.1, 0.15) is 5.75 Å². The zero-order valence-corrected chi connectivity index (χ0v) is 17.4. The first-order valence-corrected chi connectivity index (χ1v) is 9.96. The molecule has 0 fully saturated rings. The van der Waals surface area contributed by atoms with Gasteiger partial charge in [0, 0.05) is 18.7 Å². The van der Waals surface area contributed by atoms with Crippen molar-refractivity contribution >= 4 is 12.2 Å². The number of benzene rings is 3. The Morgan fingerprint density at radius 2 is 1.69 bits per heavy atom. The number of aryl methyl sites for hydroxylation is 1. The molecule has 150 valence electrons. The first-order valence-electron chi connectivity index (χ1n) is 9.96. The maximum Gasteiger partial charge on any atom is 0.123 e. The first kappa shape index (κ1) is 20.8. The van der Waals surface area contributed by atoms with Gasteiger partial charge in [-0.2, -0.15) is 0 Å². The molecule has 2 N–H and O–H groups in total. The Morgan fingerprint density at radius 3 is 2.41 bits per heavy atom. The third kappa shape index (κ3) is 5.14. The van der Waals surface area contributed by atoms with Crippen molar-refractivity contribution in [2.75, 3.05) is 20.3 Å². The Labute approximate surface area is 173 Å². The summed E-state index contributed by atoms with van der Waals surface area (Å²) in [5.74, 6) is 0.857. The van der Waals surface area contributed by atoms with Gasteiger partial charge < -0.3 is 15.2 Å². The Balaban J connectivity index is 1.88. The molecular formula is C26H29NO2. The molecule has 0 saturated carbocycles. The summed E-state index contributed by atoms with van der Waals surface area (Å²) in [7, 11) is 1.70. The van der Waals surface area contributed by atoms with Gasteiger partial charge in [-0.3, -0.25) is 0 Å². The van der Waals surface area contributed by atoms with E-state index < -0.39 is 0 Å². The van der Waals surface area contributed by atoms with Crippen molar-refractivity contribution in [2.45, 2.75) is 20.4 Å². The van der Waals surface area contributed by atoms with Gasteiger partial charge in [-0.25, -0.2) is 0 Å². The SMILES string of the molecule is COc1cc(/C=C/c2cccc(-c3ccccc3)c2C)c(C)cc1CNCCO. The molecule has 0 bridgehead atoms. The minimum absolute atomic E-state index is 0.128. The van der Waals surface area contributed by atoms with Crippen LogP contribution in [0.4, 0.5) is 0 Å². The fraction of sp³-hybridized carbons (Fsp3) is 0.231. The molecule has 0 amide bonds. The number of ether oxygens (including phenoxy) is 1. The fourth-order valence-corrected chi connectivity index (χ4v) is 3.52. The van der Waals surface area contributed by atoms with Crippen molar-refractivity contribution in [3.05, 3.63) is 88.5 Å². The highest BCUT2D eigenvalue weighted by atomic mass is 16.5. The van der Waals surface area contributed by atoms with E-state index in [-0.39, 0.29) is 6.61 Å². The molecule has 3 nitrogen and oxygen atoms in total. The highest BCUT2D eigenvalue weighted by Gasteiger charge is 2.08. The minimum atomic E-state index is 0.128. The van der Waals surface area contributed by atoms with Crippen LogP contribution in [-0.2, 0) is 6.54 Å². The summed E-state index contributed by atoms with van der Waals surface area (Å²) in [5.41, 5.74) is 8.39. The van der Waals surface area contributed by atoms with Crippen molar-refractivity contribution in [3.63, 3.8) is 0 Å². The second kappa shape index (κ2) is 10.1. The zero-order chi connectivity index (χ0) is 20.6. The summed E-state index contributed by atoms with van der Waals surface area (Å²) in [6, 6.07) is 21.1. The van der Waals surface area contributed by atoms with E-state index in [1.807, 2.05) is 6.07 Å². The molecule has 0 saturated heterocycles. The van der Waals surface area contributed by atoms with E-state index in [0.717, 1.165) is 16.9 Å². The first-order chi connectivity index (χ1) is 14.1. The van der Waals surface area contributed by atoms with Gasteiger partial charge in [0.25, 0.3) is 0 Å². The Kier molecular flexibility index (Phi) is 7.23. The molecule has 0 heterocycles. The second-order valence-corrected chi connectivity index (χ2v) is 7.14. The third-order valence-electron chi connectivity index (χ3n) is 5.18. The molecule has 0 unspecified atom stereocenters. The molecule has 0 aliphatic rings. The molecule has 3 aromatic rings. The number of methoxy groups -OCH3 is 1. The van der Waals surface area contributed by atoms with Gasteiger partial charge >= 0.3 is 0 Å². The molecule has 0 aliphatic carbocycles. The summed E-state index contributed by atoms with van der Waals surface area (Å²) in [6.07, 6.45) is 4.33. The smallest absolute Gasteiger partial charge is 0.123 e. The van der Waals surface area contributed by atoms with E-state index in [0.29, 0.717) is 13.1 Å². The molecule has 0 aliphatic heterocycles. The lowest BCUT2D eigenvalue weighted by molar-refractivity contribution is 0.291. The summed E-state index contributed by atoms with van der Waals surface area (Å²) in [6.45, 7) is 5.66. The molecule has 3 rings (SSSR count). The van der Waals surface area contributed by atoms with Gasteiger partial charge in [0.2, 0.25) is 0 Å². The number of aliphatic hydroxyl groups is 1. The molecule has 0 radical (unpaired) electrons. The van der Waals surface area contributed by atoms with Crippen LogP contribution in [0.1, 0.15) is 27.8 Å². The number of aliphatic hydroxyl groups excluding tert-OH is 1. The van der Waals surface area contributed by atoms with Crippen molar-refractivity contribution in [3.8, 4) is 16.9 Å². The van der Waals surface area contributed by atoms with E-state index in [2.05, 4.69) is 85.9 Å². The summed E-state index contributed by atoms with van der Waals surface area (Å²) < 4.78 is 5.59. The maximum atomic E-state index is 8.96. The number of nitrogens with one attached hydrogen (secondary N) is 1. The quantitative estimate of drug-likeness (QED) is 0.411. The summed E-state index contributed by atoms with van der Waals surface area (Å²) >= 11 is 0. The van der Waals surface area contributed by atoms with Gasteiger partial charge in [-0.05, 0) is 53.3 Å². The topological polar surface area (TPSA) is 41.5 Å². The molecule has 0 spiro atoms. The van der Waals surface area contributed by atoms with E-state index in [9.17, 15) is 0 Å². The Hall–Kier alpha value is -2.88. The van der Waals surface area contributed by atoms with E-state index in [1.54, 1.807) is 7.11 Å². The van der Waals surface area contributed by atoms with E-state index in [4.69, 9.17) is 9.84 Å². The Bertz CT molecular complexity index is 977. The standard InChI is InChI=1S/C26H29NO2/c1-19-16-24(18-27-14-15-28)26(29-3)17-23(19)13-12-21-10-7-11-25(20(21)2)22-8-5-4-6-9-22/h4-13,16-17,27-28H,14-15,18H2,1-3H3/b13-12+. The van der Waals surface area contributed by atoms with Crippen molar-refractivity contribution in [2.24, 2.45) is 0 Å². The average Bonchev–Trinajstić information content (AvgIpc) is 2.75. The molecular weight excluding hydrogens is 358 g/mol. The van der Waals surface area contributed by atoms with Gasteiger partial charge in [-0.15, -0.1) is 0 Å². The van der Waals surface area contributed by atoms with Crippen molar-refractivity contribution in [1.29, 1.82) is 0 Å². The van der Waals surface area contributed by atoms with Crippen LogP contribution < -0.4 is 10.1 Å². The molecule has 3 heteroatoms.